The van der Waals surface area contributed by atoms with Gasteiger partial charge in [-0.3, -0.25) is 0 Å². The molecule has 20 heavy (non-hydrogen) atoms. The van der Waals surface area contributed by atoms with Crippen LogP contribution in [0.4, 0.5) is 10.1 Å². The van der Waals surface area contributed by atoms with Gasteiger partial charge in [-0.1, -0.05) is 38.4 Å². The monoisotopic (exact) mass is 298 g/mol. The van der Waals surface area contributed by atoms with Gasteiger partial charge in [0.15, 0.2) is 0 Å². The maximum absolute atomic E-state index is 14.3. The first-order chi connectivity index (χ1) is 9.56. The molecule has 4 heteroatoms. The first-order valence-electron chi connectivity index (χ1n) is 7.52. The lowest BCUT2D eigenvalue weighted by Gasteiger charge is -2.48. The highest BCUT2D eigenvalue weighted by Gasteiger charge is 2.37. The van der Waals surface area contributed by atoms with Gasteiger partial charge in [0.05, 0.1) is 10.7 Å². The Kier molecular flexibility index (Phi) is 4.92. The molecular weight excluding hydrogens is 275 g/mol. The van der Waals surface area contributed by atoms with Gasteiger partial charge >= 0.3 is 0 Å². The van der Waals surface area contributed by atoms with E-state index in [9.17, 15) is 4.39 Å². The van der Waals surface area contributed by atoms with Crippen molar-refractivity contribution >= 4 is 17.3 Å². The van der Waals surface area contributed by atoms with E-state index in [1.807, 2.05) is 0 Å². The van der Waals surface area contributed by atoms with E-state index in [1.165, 1.54) is 6.07 Å². The second-order valence-corrected chi connectivity index (χ2v) is 6.04. The number of anilines is 1. The van der Waals surface area contributed by atoms with Gasteiger partial charge in [0, 0.05) is 24.7 Å². The predicted molar refractivity (Wildman–Crippen MR) is 84.2 cm³/mol. The van der Waals surface area contributed by atoms with E-state index in [0.29, 0.717) is 10.7 Å². The van der Waals surface area contributed by atoms with Crippen LogP contribution in [0.5, 0.6) is 0 Å². The van der Waals surface area contributed by atoms with Crippen molar-refractivity contribution in [3.8, 4) is 0 Å². The Hall–Kier alpha value is -0.800. The Morgan fingerprint density at radius 1 is 1.35 bits per heavy atom. The molecule has 1 fully saturated rings. The van der Waals surface area contributed by atoms with Crippen molar-refractivity contribution in [1.82, 2.24) is 5.32 Å². The van der Waals surface area contributed by atoms with Gasteiger partial charge in [-0.25, -0.2) is 4.39 Å². The maximum Gasteiger partial charge on any atom is 0.148 e. The van der Waals surface area contributed by atoms with Gasteiger partial charge < -0.3 is 10.2 Å². The van der Waals surface area contributed by atoms with Crippen molar-refractivity contribution in [3.63, 3.8) is 0 Å². The fourth-order valence-corrected chi connectivity index (χ4v) is 3.34. The number of benzene rings is 1. The highest BCUT2D eigenvalue weighted by Crippen LogP contribution is 2.35. The minimum atomic E-state index is -0.223. The zero-order valence-electron chi connectivity index (χ0n) is 12.5. The predicted octanol–water partition coefficient (Wildman–Crippen LogP) is 4.23. The van der Waals surface area contributed by atoms with Crippen LogP contribution < -0.4 is 10.2 Å². The van der Waals surface area contributed by atoms with Gasteiger partial charge in [0.25, 0.3) is 0 Å². The fraction of sp³-hybridized carbons (Fsp3) is 0.625. The molecule has 0 aromatic heterocycles. The molecule has 112 valence electrons. The van der Waals surface area contributed by atoms with Crippen molar-refractivity contribution in [2.45, 2.75) is 51.6 Å². The van der Waals surface area contributed by atoms with E-state index in [2.05, 4.69) is 31.0 Å². The van der Waals surface area contributed by atoms with Gasteiger partial charge in [-0.15, -0.1) is 0 Å². The summed E-state index contributed by atoms with van der Waals surface area (Å²) in [6.07, 6.45) is 3.03. The molecule has 0 radical (unpaired) electrons. The maximum atomic E-state index is 14.3. The van der Waals surface area contributed by atoms with Crippen LogP contribution in [0.2, 0.25) is 5.02 Å². The summed E-state index contributed by atoms with van der Waals surface area (Å²) in [5, 5.41) is 4.17. The van der Waals surface area contributed by atoms with E-state index >= 15 is 0 Å². The lowest BCUT2D eigenvalue weighted by atomic mass is 9.87. The summed E-state index contributed by atoms with van der Waals surface area (Å²) in [4.78, 5) is 2.17. The number of hydrogen-bond acceptors (Lipinski definition) is 2. The number of hydrogen-bond donors (Lipinski definition) is 1. The van der Waals surface area contributed by atoms with Crippen molar-refractivity contribution in [3.05, 3.63) is 29.0 Å². The quantitative estimate of drug-likeness (QED) is 0.895. The summed E-state index contributed by atoms with van der Waals surface area (Å²) >= 11 is 6.26. The van der Waals surface area contributed by atoms with E-state index < -0.39 is 0 Å². The van der Waals surface area contributed by atoms with Crippen molar-refractivity contribution in [2.75, 3.05) is 18.0 Å². The molecule has 2 nitrogen and oxygen atoms in total. The normalized spacial score (nSPS) is 22.1. The number of piperazine rings is 1. The van der Waals surface area contributed by atoms with Crippen molar-refractivity contribution in [1.29, 1.82) is 0 Å². The van der Waals surface area contributed by atoms with Crippen LogP contribution in [0.3, 0.4) is 0 Å². The summed E-state index contributed by atoms with van der Waals surface area (Å²) in [5.41, 5.74) is 0.617. The molecule has 1 saturated heterocycles. The van der Waals surface area contributed by atoms with Crippen molar-refractivity contribution in [2.24, 2.45) is 0 Å². The molecule has 1 N–H and O–H groups in total. The van der Waals surface area contributed by atoms with Gasteiger partial charge in [-0.2, -0.15) is 0 Å². The number of halogens is 2. The Bertz CT molecular complexity index is 440. The third kappa shape index (κ3) is 2.79. The lowest BCUT2D eigenvalue weighted by Crippen LogP contribution is -2.64. The molecule has 1 unspecified atom stereocenters. The zero-order chi connectivity index (χ0) is 14.8. The zero-order valence-corrected chi connectivity index (χ0v) is 13.3. The third-order valence-corrected chi connectivity index (χ3v) is 4.98. The summed E-state index contributed by atoms with van der Waals surface area (Å²) in [5.74, 6) is -0.223. The fourth-order valence-electron chi connectivity index (χ4n) is 3.07. The van der Waals surface area contributed by atoms with E-state index in [0.717, 1.165) is 32.4 Å². The molecule has 1 heterocycles. The van der Waals surface area contributed by atoms with Crippen LogP contribution in [-0.2, 0) is 0 Å². The molecule has 0 saturated carbocycles. The highest BCUT2D eigenvalue weighted by molar-refractivity contribution is 6.33. The molecule has 1 aromatic carbocycles. The minimum Gasteiger partial charge on any atom is -0.362 e. The van der Waals surface area contributed by atoms with Crippen molar-refractivity contribution < 1.29 is 4.39 Å². The number of nitrogens with zero attached hydrogens (tertiary/aromatic N) is 1. The van der Waals surface area contributed by atoms with E-state index in [-0.39, 0.29) is 17.4 Å². The lowest BCUT2D eigenvalue weighted by molar-refractivity contribution is 0.245. The SMILES string of the molecule is CCC1CNC(CC)(CC)CN1c1c(F)cccc1Cl. The Morgan fingerprint density at radius 3 is 2.60 bits per heavy atom. The highest BCUT2D eigenvalue weighted by atomic mass is 35.5. The molecule has 0 spiro atoms. The first kappa shape index (κ1) is 15.6. The van der Waals surface area contributed by atoms with Crippen LogP contribution in [-0.4, -0.2) is 24.7 Å². The Labute approximate surface area is 126 Å². The van der Waals surface area contributed by atoms with Crippen LogP contribution in [0, 0.1) is 5.82 Å². The van der Waals surface area contributed by atoms with E-state index in [1.54, 1.807) is 12.1 Å². The summed E-state index contributed by atoms with van der Waals surface area (Å²) in [7, 11) is 0. The molecule has 1 aromatic rings. The van der Waals surface area contributed by atoms with Crippen LogP contribution in [0.1, 0.15) is 40.0 Å². The van der Waals surface area contributed by atoms with Crippen LogP contribution in [0.25, 0.3) is 0 Å². The van der Waals surface area contributed by atoms with Gasteiger partial charge in [0.1, 0.15) is 5.82 Å². The second-order valence-electron chi connectivity index (χ2n) is 5.63. The Balaban J connectivity index is 2.39. The molecule has 0 bridgehead atoms. The third-order valence-electron chi connectivity index (χ3n) is 4.68. The summed E-state index contributed by atoms with van der Waals surface area (Å²) in [6, 6.07) is 5.22. The molecule has 1 aliphatic heterocycles. The smallest absolute Gasteiger partial charge is 0.148 e. The standard InChI is InChI=1S/C16H24ClFN2/c1-4-12-10-19-16(5-2,6-3)11-20(12)15-13(17)8-7-9-14(15)18/h7-9,12,19H,4-6,10-11H2,1-3H3. The molecule has 2 rings (SSSR count). The van der Waals surface area contributed by atoms with Crippen LogP contribution >= 0.6 is 11.6 Å². The number of rotatable bonds is 4. The first-order valence-corrected chi connectivity index (χ1v) is 7.90. The number of para-hydroxylation sites is 1. The topological polar surface area (TPSA) is 15.3 Å². The van der Waals surface area contributed by atoms with E-state index in [4.69, 9.17) is 11.6 Å². The number of nitrogens with one attached hydrogen (secondary N) is 1. The average Bonchev–Trinajstić information content (AvgIpc) is 2.47. The Morgan fingerprint density at radius 2 is 2.05 bits per heavy atom. The summed E-state index contributed by atoms with van der Waals surface area (Å²) in [6.45, 7) is 8.19. The summed E-state index contributed by atoms with van der Waals surface area (Å²) < 4.78 is 14.3. The minimum absolute atomic E-state index is 0.0529. The van der Waals surface area contributed by atoms with Crippen LogP contribution in [0.15, 0.2) is 18.2 Å². The molecule has 0 aliphatic carbocycles. The second kappa shape index (κ2) is 6.31. The molecule has 1 atom stereocenters. The molecular formula is C16H24ClFN2. The largest absolute Gasteiger partial charge is 0.362 e. The average molecular weight is 299 g/mol. The van der Waals surface area contributed by atoms with Gasteiger partial charge in [-0.05, 0) is 31.4 Å². The van der Waals surface area contributed by atoms with Gasteiger partial charge in [0.2, 0.25) is 0 Å². The molecule has 1 aliphatic rings. The molecule has 0 amide bonds.